The maximum atomic E-state index is 12.8. The summed E-state index contributed by atoms with van der Waals surface area (Å²) in [4.78, 5) is 20.6. The number of aromatic nitrogens is 2. The first-order valence-corrected chi connectivity index (χ1v) is 12.1. The molecule has 0 saturated heterocycles. The Balaban J connectivity index is 1.83. The number of likely N-dealkylation sites (N-methyl/N-ethyl adjacent to an activating group) is 1. The monoisotopic (exact) mass is 459 g/mol. The molecule has 1 heterocycles. The van der Waals surface area contributed by atoms with E-state index >= 15 is 0 Å². The minimum atomic E-state index is -3.40. The van der Waals surface area contributed by atoms with Crippen LogP contribution in [0, 0.1) is 0 Å². The third-order valence-corrected chi connectivity index (χ3v) is 5.63. The Morgan fingerprint density at radius 3 is 2.56 bits per heavy atom. The topological polar surface area (TPSA) is 125 Å². The summed E-state index contributed by atoms with van der Waals surface area (Å²) in [7, 11) is -1.68. The number of hydrogen-bond acceptors (Lipinski definition) is 6. The Kier molecular flexibility index (Phi) is 7.17. The number of carbonyl (C=O) groups is 1. The Morgan fingerprint density at radius 1 is 1.19 bits per heavy atom. The minimum Gasteiger partial charge on any atom is -0.374 e. The summed E-state index contributed by atoms with van der Waals surface area (Å²) in [5.41, 5.74) is 1.95. The van der Waals surface area contributed by atoms with Crippen LogP contribution in [0.3, 0.4) is 0 Å². The molecule has 32 heavy (non-hydrogen) atoms. The van der Waals surface area contributed by atoms with Gasteiger partial charge in [0.05, 0.1) is 41.7 Å². The Bertz CT molecular complexity index is 1180. The number of imidazole rings is 1. The van der Waals surface area contributed by atoms with Crippen molar-refractivity contribution >= 4 is 32.7 Å². The lowest BCUT2D eigenvalue weighted by molar-refractivity contribution is -0.127. The SMILES string of the molecule is CNC(C)(C)C(=O)N[C@H](COCc1ccccc1)c1nc2ccc(NS(C)(=O)=O)cc2[nH]1. The molecule has 1 amide bonds. The number of rotatable bonds is 10. The van der Waals surface area contributed by atoms with Crippen LogP contribution in [0.15, 0.2) is 48.5 Å². The number of carbonyl (C=O) groups excluding carboxylic acids is 1. The molecule has 4 N–H and O–H groups in total. The molecule has 0 saturated carbocycles. The van der Waals surface area contributed by atoms with Crippen LogP contribution in [0.4, 0.5) is 5.69 Å². The third kappa shape index (κ3) is 6.28. The number of nitrogens with one attached hydrogen (secondary N) is 4. The van der Waals surface area contributed by atoms with E-state index in [0.29, 0.717) is 29.2 Å². The van der Waals surface area contributed by atoms with E-state index < -0.39 is 21.6 Å². The standard InChI is InChI=1S/C22H29N5O4S/c1-22(2,23-3)21(28)26-19(14-31-13-15-8-6-5-7-9-15)20-24-17-11-10-16(12-18(17)25-20)27-32(4,29)30/h5-12,19,23,27H,13-14H2,1-4H3,(H,24,25)(H,26,28)/t19-/m1/s1. The van der Waals surface area contributed by atoms with E-state index in [4.69, 9.17) is 4.74 Å². The molecule has 0 unspecified atom stereocenters. The van der Waals surface area contributed by atoms with Crippen LogP contribution >= 0.6 is 0 Å². The van der Waals surface area contributed by atoms with Gasteiger partial charge in [-0.2, -0.15) is 0 Å². The zero-order chi connectivity index (χ0) is 23.4. The van der Waals surface area contributed by atoms with Crippen LogP contribution < -0.4 is 15.4 Å². The molecule has 0 radical (unpaired) electrons. The van der Waals surface area contributed by atoms with Crippen LogP contribution in [0.1, 0.15) is 31.3 Å². The summed E-state index contributed by atoms with van der Waals surface area (Å²) < 4.78 is 31.4. The molecule has 1 atom stereocenters. The largest absolute Gasteiger partial charge is 0.374 e. The molecule has 2 aromatic carbocycles. The molecule has 3 rings (SSSR count). The fraction of sp³-hybridized carbons (Fsp3) is 0.364. The lowest BCUT2D eigenvalue weighted by atomic mass is 10.0. The molecule has 1 aromatic heterocycles. The number of H-pyrrole nitrogens is 1. The molecular weight excluding hydrogens is 430 g/mol. The predicted octanol–water partition coefficient (Wildman–Crippen LogP) is 2.31. The molecule has 3 aromatic rings. The molecular formula is C22H29N5O4S. The van der Waals surface area contributed by atoms with E-state index in [-0.39, 0.29) is 12.5 Å². The number of fused-ring (bicyclic) bond motifs is 1. The van der Waals surface area contributed by atoms with E-state index in [1.807, 2.05) is 30.3 Å². The first kappa shape index (κ1) is 23.7. The second kappa shape index (κ2) is 9.68. The number of benzene rings is 2. The van der Waals surface area contributed by atoms with Crippen molar-refractivity contribution in [1.29, 1.82) is 0 Å². The number of hydrogen-bond donors (Lipinski definition) is 4. The second-order valence-corrected chi connectivity index (χ2v) is 9.88. The number of ether oxygens (including phenoxy) is 1. The van der Waals surface area contributed by atoms with Crippen molar-refractivity contribution < 1.29 is 17.9 Å². The van der Waals surface area contributed by atoms with Gasteiger partial charge in [-0.15, -0.1) is 0 Å². The molecule has 10 heteroatoms. The van der Waals surface area contributed by atoms with E-state index in [9.17, 15) is 13.2 Å². The first-order chi connectivity index (χ1) is 15.1. The quantitative estimate of drug-likeness (QED) is 0.369. The summed E-state index contributed by atoms with van der Waals surface area (Å²) in [6.45, 7) is 4.16. The molecule has 0 aliphatic carbocycles. The molecule has 0 aliphatic rings. The smallest absolute Gasteiger partial charge is 0.240 e. The van der Waals surface area contributed by atoms with E-state index in [1.165, 1.54) is 0 Å². The van der Waals surface area contributed by atoms with Gasteiger partial charge in [-0.3, -0.25) is 9.52 Å². The molecule has 0 bridgehead atoms. The van der Waals surface area contributed by atoms with Gasteiger partial charge < -0.3 is 20.4 Å². The summed E-state index contributed by atoms with van der Waals surface area (Å²) in [6, 6.07) is 14.2. The zero-order valence-electron chi connectivity index (χ0n) is 18.6. The van der Waals surface area contributed by atoms with Crippen LogP contribution in [0.2, 0.25) is 0 Å². The van der Waals surface area contributed by atoms with Gasteiger partial charge in [0.25, 0.3) is 0 Å². The molecule has 0 fully saturated rings. The van der Waals surface area contributed by atoms with Gasteiger partial charge in [0.1, 0.15) is 11.9 Å². The summed E-state index contributed by atoms with van der Waals surface area (Å²) in [6.07, 6.45) is 1.09. The molecule has 172 valence electrons. The Labute approximate surface area is 188 Å². The molecule has 0 aliphatic heterocycles. The maximum absolute atomic E-state index is 12.8. The lowest BCUT2D eigenvalue weighted by Crippen LogP contribution is -2.52. The van der Waals surface area contributed by atoms with Gasteiger partial charge in [-0.05, 0) is 44.7 Å². The van der Waals surface area contributed by atoms with Gasteiger partial charge in [-0.25, -0.2) is 13.4 Å². The Hall–Kier alpha value is -2.95. The van der Waals surface area contributed by atoms with Gasteiger partial charge in [0, 0.05) is 0 Å². The van der Waals surface area contributed by atoms with Crippen molar-refractivity contribution in [2.24, 2.45) is 0 Å². The third-order valence-electron chi connectivity index (χ3n) is 5.03. The fourth-order valence-electron chi connectivity index (χ4n) is 2.98. The van der Waals surface area contributed by atoms with E-state index in [2.05, 4.69) is 25.3 Å². The summed E-state index contributed by atoms with van der Waals surface area (Å²) in [5.74, 6) is 0.318. The lowest BCUT2D eigenvalue weighted by Gasteiger charge is -2.26. The van der Waals surface area contributed by atoms with Crippen molar-refractivity contribution in [3.05, 3.63) is 59.9 Å². The molecule has 9 nitrogen and oxygen atoms in total. The average Bonchev–Trinajstić information content (AvgIpc) is 3.15. The minimum absolute atomic E-state index is 0.201. The van der Waals surface area contributed by atoms with Crippen molar-refractivity contribution in [2.75, 3.05) is 24.6 Å². The van der Waals surface area contributed by atoms with Crippen LogP contribution in [-0.2, 0) is 26.2 Å². The molecule has 0 spiro atoms. The van der Waals surface area contributed by atoms with Crippen LogP contribution in [0.25, 0.3) is 11.0 Å². The van der Waals surface area contributed by atoms with Crippen LogP contribution in [-0.4, -0.2) is 49.7 Å². The highest BCUT2D eigenvalue weighted by atomic mass is 32.2. The van der Waals surface area contributed by atoms with E-state index in [1.54, 1.807) is 39.1 Å². The highest BCUT2D eigenvalue weighted by molar-refractivity contribution is 7.92. The number of nitrogens with zero attached hydrogens (tertiary/aromatic N) is 1. The summed E-state index contributed by atoms with van der Waals surface area (Å²) >= 11 is 0. The average molecular weight is 460 g/mol. The maximum Gasteiger partial charge on any atom is 0.240 e. The van der Waals surface area contributed by atoms with Crippen molar-refractivity contribution in [3.8, 4) is 0 Å². The zero-order valence-corrected chi connectivity index (χ0v) is 19.4. The van der Waals surface area contributed by atoms with Gasteiger partial charge in [0.2, 0.25) is 15.9 Å². The number of aromatic amines is 1. The van der Waals surface area contributed by atoms with Gasteiger partial charge >= 0.3 is 0 Å². The summed E-state index contributed by atoms with van der Waals surface area (Å²) in [5, 5.41) is 5.98. The van der Waals surface area contributed by atoms with Gasteiger partial charge in [-0.1, -0.05) is 30.3 Å². The fourth-order valence-corrected chi connectivity index (χ4v) is 3.54. The predicted molar refractivity (Wildman–Crippen MR) is 125 cm³/mol. The number of sulfonamides is 1. The van der Waals surface area contributed by atoms with Gasteiger partial charge in [0.15, 0.2) is 0 Å². The first-order valence-electron chi connectivity index (χ1n) is 10.2. The van der Waals surface area contributed by atoms with Crippen molar-refractivity contribution in [3.63, 3.8) is 0 Å². The van der Waals surface area contributed by atoms with Crippen LogP contribution in [0.5, 0.6) is 0 Å². The van der Waals surface area contributed by atoms with E-state index in [0.717, 1.165) is 11.8 Å². The second-order valence-electron chi connectivity index (χ2n) is 8.13. The highest BCUT2D eigenvalue weighted by Gasteiger charge is 2.29. The number of anilines is 1. The van der Waals surface area contributed by atoms with Crippen molar-refractivity contribution in [1.82, 2.24) is 20.6 Å². The number of amides is 1. The Morgan fingerprint density at radius 2 is 1.91 bits per heavy atom. The normalized spacial score (nSPS) is 13.1. The van der Waals surface area contributed by atoms with Crippen molar-refractivity contribution in [2.45, 2.75) is 32.0 Å². The highest BCUT2D eigenvalue weighted by Crippen LogP contribution is 2.22.